The van der Waals surface area contributed by atoms with E-state index in [-0.39, 0.29) is 5.54 Å². The molecule has 1 N–H and O–H groups in total. The maximum absolute atomic E-state index is 7.52. The van der Waals surface area contributed by atoms with Crippen molar-refractivity contribution >= 4 is 5.84 Å². The van der Waals surface area contributed by atoms with Crippen LogP contribution in [0.4, 0.5) is 0 Å². The van der Waals surface area contributed by atoms with Crippen molar-refractivity contribution in [1.82, 2.24) is 9.80 Å². The number of piperazine rings is 1. The number of hydrogen-bond donors (Lipinski definition) is 1. The van der Waals surface area contributed by atoms with E-state index in [0.717, 1.165) is 26.2 Å². The van der Waals surface area contributed by atoms with Crippen molar-refractivity contribution in [2.75, 3.05) is 26.2 Å². The van der Waals surface area contributed by atoms with Crippen LogP contribution in [0.3, 0.4) is 0 Å². The maximum atomic E-state index is 7.52. The smallest absolute Gasteiger partial charge is 0.0926 e. The third-order valence-corrected chi connectivity index (χ3v) is 2.70. The summed E-state index contributed by atoms with van der Waals surface area (Å²) in [5.41, 5.74) is 0.280. The van der Waals surface area contributed by atoms with Crippen molar-refractivity contribution in [1.29, 1.82) is 5.41 Å². The molecular weight excluding hydrogens is 162 g/mol. The second-order valence-electron chi connectivity index (χ2n) is 4.73. The zero-order valence-corrected chi connectivity index (χ0v) is 9.22. The molecule has 3 nitrogen and oxygen atoms in total. The van der Waals surface area contributed by atoms with Gasteiger partial charge in [-0.3, -0.25) is 10.3 Å². The Bertz CT molecular complexity index is 185. The van der Waals surface area contributed by atoms with Crippen LogP contribution in [0.15, 0.2) is 0 Å². The molecule has 13 heavy (non-hydrogen) atoms. The van der Waals surface area contributed by atoms with E-state index in [1.54, 1.807) is 0 Å². The summed E-state index contributed by atoms with van der Waals surface area (Å²) in [6.07, 6.45) is 0. The second kappa shape index (κ2) is 3.66. The predicted octanol–water partition coefficient (Wildman–Crippen LogP) is 1.40. The summed E-state index contributed by atoms with van der Waals surface area (Å²) in [6, 6.07) is 0. The van der Waals surface area contributed by atoms with E-state index in [1.807, 2.05) is 6.92 Å². The van der Waals surface area contributed by atoms with Crippen molar-refractivity contribution in [3.63, 3.8) is 0 Å². The highest BCUT2D eigenvalue weighted by molar-refractivity contribution is 5.76. The van der Waals surface area contributed by atoms with Gasteiger partial charge in [0.05, 0.1) is 5.84 Å². The normalized spacial score (nSPS) is 20.5. The lowest BCUT2D eigenvalue weighted by molar-refractivity contribution is 0.0878. The lowest BCUT2D eigenvalue weighted by Gasteiger charge is -2.42. The minimum Gasteiger partial charge on any atom is -0.358 e. The second-order valence-corrected chi connectivity index (χ2v) is 4.73. The Hall–Kier alpha value is -0.570. The highest BCUT2D eigenvalue weighted by Gasteiger charge is 2.25. The summed E-state index contributed by atoms with van der Waals surface area (Å²) < 4.78 is 0. The van der Waals surface area contributed by atoms with Crippen molar-refractivity contribution < 1.29 is 0 Å². The number of nitrogens with one attached hydrogen (secondary N) is 1. The van der Waals surface area contributed by atoms with E-state index in [1.165, 1.54) is 0 Å². The van der Waals surface area contributed by atoms with E-state index in [4.69, 9.17) is 5.41 Å². The number of rotatable bonds is 0. The molecule has 0 aromatic rings. The lowest BCUT2D eigenvalue weighted by Crippen LogP contribution is -2.54. The fraction of sp³-hybridized carbons (Fsp3) is 0.900. The van der Waals surface area contributed by atoms with Gasteiger partial charge in [0.25, 0.3) is 0 Å². The Balaban J connectivity index is 2.44. The first-order chi connectivity index (χ1) is 5.91. The molecule has 3 heteroatoms. The van der Waals surface area contributed by atoms with E-state index >= 15 is 0 Å². The monoisotopic (exact) mass is 183 g/mol. The topological polar surface area (TPSA) is 30.3 Å². The molecule has 0 spiro atoms. The van der Waals surface area contributed by atoms with Gasteiger partial charge in [0.15, 0.2) is 0 Å². The standard InChI is InChI=1S/C10H21N3/c1-9(11)12-5-7-13(8-6-12)10(2,3)4/h11H,5-8H2,1-4H3. The fourth-order valence-corrected chi connectivity index (χ4v) is 1.71. The molecule has 1 aliphatic heterocycles. The predicted molar refractivity (Wildman–Crippen MR) is 56.3 cm³/mol. The average molecular weight is 183 g/mol. The number of hydrogen-bond acceptors (Lipinski definition) is 2. The molecule has 1 fully saturated rings. The van der Waals surface area contributed by atoms with Gasteiger partial charge in [0.1, 0.15) is 0 Å². The van der Waals surface area contributed by atoms with Gasteiger partial charge in [-0.1, -0.05) is 0 Å². The van der Waals surface area contributed by atoms with Crippen LogP contribution >= 0.6 is 0 Å². The molecule has 0 saturated carbocycles. The quantitative estimate of drug-likeness (QED) is 0.454. The largest absolute Gasteiger partial charge is 0.358 e. The van der Waals surface area contributed by atoms with Crippen LogP contribution in [0, 0.1) is 5.41 Å². The Kier molecular flexibility index (Phi) is 2.96. The molecule has 76 valence electrons. The zero-order valence-electron chi connectivity index (χ0n) is 9.22. The van der Waals surface area contributed by atoms with Gasteiger partial charge in [-0.15, -0.1) is 0 Å². The van der Waals surface area contributed by atoms with Crippen LogP contribution in [-0.2, 0) is 0 Å². The summed E-state index contributed by atoms with van der Waals surface area (Å²) >= 11 is 0. The van der Waals surface area contributed by atoms with Crippen molar-refractivity contribution in [3.8, 4) is 0 Å². The van der Waals surface area contributed by atoms with Gasteiger partial charge in [0, 0.05) is 31.7 Å². The Labute approximate surface area is 81.2 Å². The molecule has 1 aliphatic rings. The number of nitrogens with zero attached hydrogens (tertiary/aromatic N) is 2. The van der Waals surface area contributed by atoms with Crippen molar-refractivity contribution in [2.24, 2.45) is 0 Å². The minimum atomic E-state index is 0.280. The Morgan fingerprint density at radius 3 is 1.85 bits per heavy atom. The first-order valence-corrected chi connectivity index (χ1v) is 4.96. The van der Waals surface area contributed by atoms with Crippen molar-refractivity contribution in [3.05, 3.63) is 0 Å². The van der Waals surface area contributed by atoms with Crippen LogP contribution in [-0.4, -0.2) is 47.4 Å². The number of amidine groups is 1. The average Bonchev–Trinajstić information content (AvgIpc) is 2.03. The third kappa shape index (κ3) is 2.69. The molecule has 0 bridgehead atoms. The molecule has 0 aromatic carbocycles. The highest BCUT2D eigenvalue weighted by Crippen LogP contribution is 2.15. The molecule has 0 unspecified atom stereocenters. The molecule has 0 aliphatic carbocycles. The van der Waals surface area contributed by atoms with Crippen LogP contribution in [0.5, 0.6) is 0 Å². The van der Waals surface area contributed by atoms with E-state index in [9.17, 15) is 0 Å². The SMILES string of the molecule is CC(=N)N1CCN(C(C)(C)C)CC1. The van der Waals surface area contributed by atoms with Gasteiger partial charge >= 0.3 is 0 Å². The van der Waals surface area contributed by atoms with Crippen LogP contribution in [0.1, 0.15) is 27.7 Å². The molecule has 0 aromatic heterocycles. The molecule has 1 heterocycles. The first-order valence-electron chi connectivity index (χ1n) is 4.96. The van der Waals surface area contributed by atoms with Gasteiger partial charge in [-0.2, -0.15) is 0 Å². The zero-order chi connectivity index (χ0) is 10.1. The van der Waals surface area contributed by atoms with Crippen LogP contribution < -0.4 is 0 Å². The van der Waals surface area contributed by atoms with Gasteiger partial charge in [0.2, 0.25) is 0 Å². The third-order valence-electron chi connectivity index (χ3n) is 2.70. The fourth-order valence-electron chi connectivity index (χ4n) is 1.71. The molecule has 0 radical (unpaired) electrons. The van der Waals surface area contributed by atoms with E-state index in [2.05, 4.69) is 30.6 Å². The first kappa shape index (κ1) is 10.5. The minimum absolute atomic E-state index is 0.280. The van der Waals surface area contributed by atoms with Crippen LogP contribution in [0.25, 0.3) is 0 Å². The molecule has 0 amide bonds. The molecular formula is C10H21N3. The molecule has 0 atom stereocenters. The Morgan fingerprint density at radius 1 is 1.08 bits per heavy atom. The summed E-state index contributed by atoms with van der Waals surface area (Å²) in [4.78, 5) is 4.62. The maximum Gasteiger partial charge on any atom is 0.0926 e. The van der Waals surface area contributed by atoms with E-state index < -0.39 is 0 Å². The van der Waals surface area contributed by atoms with Gasteiger partial charge in [-0.25, -0.2) is 0 Å². The lowest BCUT2D eigenvalue weighted by atomic mass is 10.1. The van der Waals surface area contributed by atoms with Gasteiger partial charge in [-0.05, 0) is 27.7 Å². The summed E-state index contributed by atoms with van der Waals surface area (Å²) in [5, 5.41) is 7.52. The van der Waals surface area contributed by atoms with Crippen LogP contribution in [0.2, 0.25) is 0 Å². The van der Waals surface area contributed by atoms with Gasteiger partial charge < -0.3 is 4.90 Å². The molecule has 1 rings (SSSR count). The summed E-state index contributed by atoms with van der Waals surface area (Å²) in [7, 11) is 0. The summed E-state index contributed by atoms with van der Waals surface area (Å²) in [6.45, 7) is 12.8. The summed E-state index contributed by atoms with van der Waals surface area (Å²) in [5.74, 6) is 0.702. The van der Waals surface area contributed by atoms with E-state index in [0.29, 0.717) is 5.84 Å². The molecule has 1 saturated heterocycles. The van der Waals surface area contributed by atoms with Crippen molar-refractivity contribution in [2.45, 2.75) is 33.2 Å². The highest BCUT2D eigenvalue weighted by atomic mass is 15.3. The Morgan fingerprint density at radius 2 is 1.54 bits per heavy atom.